The normalized spacial score (nSPS) is 18.1. The maximum Gasteiger partial charge on any atom is 0.228 e. The van der Waals surface area contributed by atoms with Gasteiger partial charge in [0.1, 0.15) is 0 Å². The van der Waals surface area contributed by atoms with Crippen molar-refractivity contribution in [1.82, 2.24) is 15.0 Å². The molecule has 5 nitrogen and oxygen atoms in total. The van der Waals surface area contributed by atoms with Crippen molar-refractivity contribution in [3.05, 3.63) is 70.5 Å². The van der Waals surface area contributed by atoms with Gasteiger partial charge in [0.25, 0.3) is 0 Å². The number of ether oxygens (including phenoxy) is 1. The third kappa shape index (κ3) is 4.20. The van der Waals surface area contributed by atoms with Gasteiger partial charge in [-0.25, -0.2) is 0 Å². The van der Waals surface area contributed by atoms with Crippen LogP contribution in [0.4, 0.5) is 0 Å². The molecule has 1 aliphatic rings. The fourth-order valence-corrected chi connectivity index (χ4v) is 3.36. The van der Waals surface area contributed by atoms with Crippen LogP contribution < -0.4 is 0 Å². The summed E-state index contributed by atoms with van der Waals surface area (Å²) in [5.74, 6) is 1.32. The molecule has 26 heavy (non-hydrogen) atoms. The van der Waals surface area contributed by atoms with Gasteiger partial charge in [0, 0.05) is 36.1 Å². The zero-order chi connectivity index (χ0) is 17.8. The highest BCUT2D eigenvalue weighted by Gasteiger charge is 2.22. The standard InChI is InChI=1S/C20H20BrN3O2/c21-17-8-6-15(7-9-17)18-14-24(12-13-25-18)11-10-19-22-20(23-26-19)16-4-2-1-3-5-16/h1-9,18H,10-14H2. The monoisotopic (exact) mass is 413 g/mol. The van der Waals surface area contributed by atoms with Crippen molar-refractivity contribution in [3.63, 3.8) is 0 Å². The molecule has 0 amide bonds. The number of nitrogens with zero attached hydrogens (tertiary/aromatic N) is 3. The number of rotatable bonds is 5. The van der Waals surface area contributed by atoms with Crippen LogP contribution in [0, 0.1) is 0 Å². The molecule has 2 heterocycles. The highest BCUT2D eigenvalue weighted by molar-refractivity contribution is 9.10. The molecule has 0 saturated carbocycles. The fraction of sp³-hybridized carbons (Fsp3) is 0.300. The van der Waals surface area contributed by atoms with Crippen molar-refractivity contribution in [2.75, 3.05) is 26.2 Å². The first-order chi connectivity index (χ1) is 12.8. The molecule has 1 aromatic heterocycles. The molecular formula is C20H20BrN3O2. The molecular weight excluding hydrogens is 394 g/mol. The molecule has 0 radical (unpaired) electrons. The van der Waals surface area contributed by atoms with Gasteiger partial charge >= 0.3 is 0 Å². The first-order valence-electron chi connectivity index (χ1n) is 8.75. The second-order valence-corrected chi connectivity index (χ2v) is 7.26. The molecule has 0 bridgehead atoms. The van der Waals surface area contributed by atoms with Crippen LogP contribution in [0.15, 0.2) is 63.6 Å². The second kappa shape index (κ2) is 8.12. The topological polar surface area (TPSA) is 51.4 Å². The van der Waals surface area contributed by atoms with Gasteiger partial charge in [-0.2, -0.15) is 4.98 Å². The zero-order valence-electron chi connectivity index (χ0n) is 14.3. The van der Waals surface area contributed by atoms with Crippen molar-refractivity contribution in [1.29, 1.82) is 0 Å². The average molecular weight is 414 g/mol. The Labute approximate surface area is 161 Å². The maximum absolute atomic E-state index is 5.94. The van der Waals surface area contributed by atoms with Gasteiger partial charge < -0.3 is 9.26 Å². The summed E-state index contributed by atoms with van der Waals surface area (Å²) in [5.41, 5.74) is 2.19. The molecule has 2 aromatic carbocycles. The first-order valence-corrected chi connectivity index (χ1v) is 9.55. The summed E-state index contributed by atoms with van der Waals surface area (Å²) >= 11 is 3.48. The van der Waals surface area contributed by atoms with Crippen LogP contribution in [-0.2, 0) is 11.2 Å². The molecule has 0 aliphatic carbocycles. The van der Waals surface area contributed by atoms with Gasteiger partial charge in [-0.3, -0.25) is 4.90 Å². The van der Waals surface area contributed by atoms with E-state index in [0.29, 0.717) is 11.7 Å². The number of halogens is 1. The van der Waals surface area contributed by atoms with Gasteiger partial charge in [0.05, 0.1) is 12.7 Å². The lowest BCUT2D eigenvalue weighted by molar-refractivity contribution is -0.0300. The van der Waals surface area contributed by atoms with Crippen LogP contribution in [0.25, 0.3) is 11.4 Å². The lowest BCUT2D eigenvalue weighted by Gasteiger charge is -2.32. The number of morpholine rings is 1. The van der Waals surface area contributed by atoms with E-state index >= 15 is 0 Å². The molecule has 4 rings (SSSR count). The maximum atomic E-state index is 5.94. The van der Waals surface area contributed by atoms with Crippen LogP contribution in [0.1, 0.15) is 17.6 Å². The van der Waals surface area contributed by atoms with E-state index in [9.17, 15) is 0 Å². The van der Waals surface area contributed by atoms with Crippen molar-refractivity contribution < 1.29 is 9.26 Å². The average Bonchev–Trinajstić information content (AvgIpc) is 3.17. The predicted octanol–water partition coefficient (Wildman–Crippen LogP) is 4.12. The summed E-state index contributed by atoms with van der Waals surface area (Å²) in [7, 11) is 0. The summed E-state index contributed by atoms with van der Waals surface area (Å²) in [4.78, 5) is 6.90. The summed E-state index contributed by atoms with van der Waals surface area (Å²) < 4.78 is 12.4. The minimum absolute atomic E-state index is 0.111. The highest BCUT2D eigenvalue weighted by Crippen LogP contribution is 2.24. The van der Waals surface area contributed by atoms with Crippen molar-refractivity contribution in [2.45, 2.75) is 12.5 Å². The van der Waals surface area contributed by atoms with Crippen LogP contribution in [0.2, 0.25) is 0 Å². The molecule has 6 heteroatoms. The van der Waals surface area contributed by atoms with Crippen molar-refractivity contribution >= 4 is 15.9 Å². The third-order valence-electron chi connectivity index (χ3n) is 4.53. The smallest absolute Gasteiger partial charge is 0.228 e. The van der Waals surface area contributed by atoms with E-state index in [1.165, 1.54) is 5.56 Å². The van der Waals surface area contributed by atoms with Crippen LogP contribution in [0.5, 0.6) is 0 Å². The minimum atomic E-state index is 0.111. The second-order valence-electron chi connectivity index (χ2n) is 6.34. The molecule has 1 aliphatic heterocycles. The first kappa shape index (κ1) is 17.4. The largest absolute Gasteiger partial charge is 0.371 e. The molecule has 1 atom stereocenters. The SMILES string of the molecule is Brc1ccc(C2CN(CCc3nc(-c4ccccc4)no3)CCO2)cc1. The van der Waals surface area contributed by atoms with E-state index in [2.05, 4.69) is 55.2 Å². The molecule has 3 aromatic rings. The summed E-state index contributed by atoms with van der Waals surface area (Å²) in [5, 5.41) is 4.09. The Bertz CT molecular complexity index is 836. The number of aromatic nitrogens is 2. The molecule has 1 saturated heterocycles. The van der Waals surface area contributed by atoms with Gasteiger partial charge in [0.15, 0.2) is 0 Å². The van der Waals surface area contributed by atoms with Gasteiger partial charge in [-0.15, -0.1) is 0 Å². The van der Waals surface area contributed by atoms with Gasteiger partial charge in [0.2, 0.25) is 11.7 Å². The highest BCUT2D eigenvalue weighted by atomic mass is 79.9. The van der Waals surface area contributed by atoms with Gasteiger partial charge in [-0.05, 0) is 17.7 Å². The van der Waals surface area contributed by atoms with E-state index in [1.54, 1.807) is 0 Å². The Hall–Kier alpha value is -2.02. The number of benzene rings is 2. The Kier molecular flexibility index (Phi) is 5.43. The lowest BCUT2D eigenvalue weighted by Crippen LogP contribution is -2.39. The Balaban J connectivity index is 1.34. The molecule has 1 fully saturated rings. The number of hydrogen-bond donors (Lipinski definition) is 0. The van der Waals surface area contributed by atoms with Crippen LogP contribution >= 0.6 is 15.9 Å². The van der Waals surface area contributed by atoms with E-state index in [1.807, 2.05) is 30.3 Å². The third-order valence-corrected chi connectivity index (χ3v) is 5.06. The lowest BCUT2D eigenvalue weighted by atomic mass is 10.1. The number of hydrogen-bond acceptors (Lipinski definition) is 5. The summed E-state index contributed by atoms with van der Waals surface area (Å²) in [6.07, 6.45) is 0.854. The minimum Gasteiger partial charge on any atom is -0.371 e. The van der Waals surface area contributed by atoms with E-state index in [-0.39, 0.29) is 6.10 Å². The molecule has 1 unspecified atom stereocenters. The molecule has 0 spiro atoms. The van der Waals surface area contributed by atoms with Crippen molar-refractivity contribution in [3.8, 4) is 11.4 Å². The quantitative estimate of drug-likeness (QED) is 0.629. The predicted molar refractivity (Wildman–Crippen MR) is 103 cm³/mol. The van der Waals surface area contributed by atoms with E-state index < -0.39 is 0 Å². The fourth-order valence-electron chi connectivity index (χ4n) is 3.10. The van der Waals surface area contributed by atoms with Crippen LogP contribution in [-0.4, -0.2) is 41.3 Å². The van der Waals surface area contributed by atoms with Gasteiger partial charge in [-0.1, -0.05) is 63.6 Å². The Morgan fingerprint density at radius 3 is 2.69 bits per heavy atom. The Morgan fingerprint density at radius 2 is 1.88 bits per heavy atom. The van der Waals surface area contributed by atoms with Crippen LogP contribution in [0.3, 0.4) is 0 Å². The Morgan fingerprint density at radius 1 is 1.08 bits per heavy atom. The van der Waals surface area contributed by atoms with E-state index in [4.69, 9.17) is 9.26 Å². The summed E-state index contributed by atoms with van der Waals surface area (Å²) in [6.45, 7) is 3.42. The van der Waals surface area contributed by atoms with E-state index in [0.717, 1.165) is 42.7 Å². The molecule has 0 N–H and O–H groups in total. The zero-order valence-corrected chi connectivity index (χ0v) is 15.9. The molecule has 134 valence electrons. The van der Waals surface area contributed by atoms with Crippen molar-refractivity contribution in [2.24, 2.45) is 0 Å². The summed E-state index contributed by atoms with van der Waals surface area (Å²) in [6, 6.07) is 18.2.